The van der Waals surface area contributed by atoms with Crippen LogP contribution < -0.4 is 15.0 Å². The van der Waals surface area contributed by atoms with Crippen molar-refractivity contribution in [2.75, 3.05) is 30.4 Å². The van der Waals surface area contributed by atoms with Crippen LogP contribution in [0, 0.1) is 0 Å². The Morgan fingerprint density at radius 3 is 2.62 bits per heavy atom. The molecule has 0 amide bonds. The average molecular weight is 286 g/mol. The van der Waals surface area contributed by atoms with Gasteiger partial charge in [-0.05, 0) is 26.0 Å². The number of nitrogens with zero attached hydrogens (tertiary/aromatic N) is 3. The molecule has 1 heterocycles. The van der Waals surface area contributed by atoms with Crippen LogP contribution in [-0.4, -0.2) is 30.2 Å². The van der Waals surface area contributed by atoms with Gasteiger partial charge in [0.15, 0.2) is 0 Å². The van der Waals surface area contributed by atoms with Gasteiger partial charge in [0.05, 0.1) is 7.11 Å². The third-order valence-corrected chi connectivity index (χ3v) is 3.36. The number of rotatable bonds is 7. The van der Waals surface area contributed by atoms with Crippen LogP contribution in [0.2, 0.25) is 0 Å². The molecule has 1 N–H and O–H groups in total. The number of methoxy groups -OCH3 is 1. The summed E-state index contributed by atoms with van der Waals surface area (Å²) in [7, 11) is 1.68. The van der Waals surface area contributed by atoms with Gasteiger partial charge in [-0.2, -0.15) is 4.98 Å². The summed E-state index contributed by atoms with van der Waals surface area (Å²) in [6, 6.07) is 9.86. The van der Waals surface area contributed by atoms with Gasteiger partial charge in [-0.3, -0.25) is 0 Å². The molecule has 0 spiro atoms. The van der Waals surface area contributed by atoms with E-state index in [1.807, 2.05) is 30.3 Å². The minimum Gasteiger partial charge on any atom is -0.496 e. The summed E-state index contributed by atoms with van der Waals surface area (Å²) >= 11 is 0. The Morgan fingerprint density at radius 1 is 1.14 bits per heavy atom. The van der Waals surface area contributed by atoms with Crippen molar-refractivity contribution in [1.82, 2.24) is 9.97 Å². The molecule has 0 bridgehead atoms. The first kappa shape index (κ1) is 15.1. The molecule has 0 atom stereocenters. The molecule has 112 valence electrons. The molecule has 0 saturated carbocycles. The van der Waals surface area contributed by atoms with E-state index >= 15 is 0 Å². The molecule has 21 heavy (non-hydrogen) atoms. The third kappa shape index (κ3) is 3.84. The molecule has 5 nitrogen and oxygen atoms in total. The molecule has 0 saturated heterocycles. The predicted octanol–water partition coefficient (Wildman–Crippen LogP) is 2.94. The van der Waals surface area contributed by atoms with E-state index in [9.17, 15) is 0 Å². The molecule has 2 rings (SSSR count). The first-order valence-corrected chi connectivity index (χ1v) is 7.22. The zero-order valence-corrected chi connectivity index (χ0v) is 12.8. The Morgan fingerprint density at radius 2 is 1.90 bits per heavy atom. The molecule has 1 aromatic heterocycles. The topological polar surface area (TPSA) is 50.3 Å². The number of aromatic nitrogens is 2. The van der Waals surface area contributed by atoms with Crippen molar-refractivity contribution in [3.8, 4) is 5.75 Å². The average Bonchev–Trinajstić information content (AvgIpc) is 2.55. The lowest BCUT2D eigenvalue weighted by atomic mass is 10.2. The normalized spacial score (nSPS) is 10.2. The molecular formula is C16H22N4O. The third-order valence-electron chi connectivity index (χ3n) is 3.36. The highest BCUT2D eigenvalue weighted by molar-refractivity contribution is 5.43. The monoisotopic (exact) mass is 286 g/mol. The van der Waals surface area contributed by atoms with Crippen molar-refractivity contribution in [2.24, 2.45) is 0 Å². The summed E-state index contributed by atoms with van der Waals surface area (Å²) in [6.07, 6.45) is 1.78. The highest BCUT2D eigenvalue weighted by Gasteiger charge is 2.06. The van der Waals surface area contributed by atoms with Crippen molar-refractivity contribution in [2.45, 2.75) is 20.4 Å². The Labute approximate surface area is 126 Å². The van der Waals surface area contributed by atoms with Crippen LogP contribution in [0.15, 0.2) is 36.5 Å². The maximum atomic E-state index is 5.34. The van der Waals surface area contributed by atoms with E-state index < -0.39 is 0 Å². The summed E-state index contributed by atoms with van der Waals surface area (Å²) in [5.41, 5.74) is 1.08. The fourth-order valence-electron chi connectivity index (χ4n) is 2.18. The Bertz CT molecular complexity index is 570. The molecule has 1 aromatic carbocycles. The van der Waals surface area contributed by atoms with E-state index in [0.29, 0.717) is 12.5 Å². The Balaban J connectivity index is 2.08. The van der Waals surface area contributed by atoms with Crippen LogP contribution in [0.5, 0.6) is 5.75 Å². The van der Waals surface area contributed by atoms with Gasteiger partial charge < -0.3 is 15.0 Å². The number of para-hydroxylation sites is 1. The van der Waals surface area contributed by atoms with Gasteiger partial charge in [0, 0.05) is 31.4 Å². The number of hydrogen-bond donors (Lipinski definition) is 1. The first-order valence-electron chi connectivity index (χ1n) is 7.22. The number of benzene rings is 1. The minimum atomic E-state index is 0.630. The van der Waals surface area contributed by atoms with Gasteiger partial charge in [-0.15, -0.1) is 0 Å². The van der Waals surface area contributed by atoms with Crippen LogP contribution in [-0.2, 0) is 6.54 Å². The van der Waals surface area contributed by atoms with E-state index in [4.69, 9.17) is 4.74 Å². The zero-order chi connectivity index (χ0) is 15.1. The van der Waals surface area contributed by atoms with Gasteiger partial charge >= 0.3 is 0 Å². The SMILES string of the molecule is CCN(CC)c1ccnc(NCc2ccccc2OC)n1. The molecule has 0 aliphatic rings. The van der Waals surface area contributed by atoms with Crippen LogP contribution in [0.1, 0.15) is 19.4 Å². The highest BCUT2D eigenvalue weighted by Crippen LogP contribution is 2.18. The van der Waals surface area contributed by atoms with Gasteiger partial charge in [-0.1, -0.05) is 18.2 Å². The molecular weight excluding hydrogens is 264 g/mol. The second-order valence-electron chi connectivity index (χ2n) is 4.58. The fraction of sp³-hybridized carbons (Fsp3) is 0.375. The van der Waals surface area contributed by atoms with E-state index in [-0.39, 0.29) is 0 Å². The number of hydrogen-bond acceptors (Lipinski definition) is 5. The van der Waals surface area contributed by atoms with E-state index in [2.05, 4.69) is 34.0 Å². The first-order chi connectivity index (χ1) is 10.3. The van der Waals surface area contributed by atoms with E-state index in [1.54, 1.807) is 13.3 Å². The molecule has 0 aliphatic carbocycles. The van der Waals surface area contributed by atoms with Gasteiger partial charge in [0.2, 0.25) is 5.95 Å². The maximum Gasteiger partial charge on any atom is 0.224 e. The minimum absolute atomic E-state index is 0.630. The summed E-state index contributed by atoms with van der Waals surface area (Å²) in [5.74, 6) is 2.44. The largest absolute Gasteiger partial charge is 0.496 e. The fourth-order valence-corrected chi connectivity index (χ4v) is 2.18. The lowest BCUT2D eigenvalue weighted by Gasteiger charge is -2.20. The van der Waals surface area contributed by atoms with Crippen molar-refractivity contribution in [1.29, 1.82) is 0 Å². The molecule has 0 fully saturated rings. The number of anilines is 2. The van der Waals surface area contributed by atoms with Crippen molar-refractivity contribution in [3.63, 3.8) is 0 Å². The number of ether oxygens (including phenoxy) is 1. The zero-order valence-electron chi connectivity index (χ0n) is 12.8. The van der Waals surface area contributed by atoms with Gasteiger partial charge in [0.1, 0.15) is 11.6 Å². The van der Waals surface area contributed by atoms with Crippen LogP contribution >= 0.6 is 0 Å². The summed E-state index contributed by atoms with van der Waals surface area (Å²) in [4.78, 5) is 11.0. The van der Waals surface area contributed by atoms with Crippen molar-refractivity contribution >= 4 is 11.8 Å². The van der Waals surface area contributed by atoms with Crippen LogP contribution in [0.4, 0.5) is 11.8 Å². The second-order valence-corrected chi connectivity index (χ2v) is 4.58. The molecule has 0 radical (unpaired) electrons. The van der Waals surface area contributed by atoms with Crippen molar-refractivity contribution < 1.29 is 4.74 Å². The predicted molar refractivity (Wildman–Crippen MR) is 85.9 cm³/mol. The van der Waals surface area contributed by atoms with Crippen LogP contribution in [0.25, 0.3) is 0 Å². The quantitative estimate of drug-likeness (QED) is 0.848. The standard InChI is InChI=1S/C16H22N4O/c1-4-20(5-2)15-10-11-17-16(19-15)18-12-13-8-6-7-9-14(13)21-3/h6-11H,4-5,12H2,1-3H3,(H,17,18,19). The second kappa shape index (κ2) is 7.47. The van der Waals surface area contributed by atoms with E-state index in [0.717, 1.165) is 30.2 Å². The smallest absolute Gasteiger partial charge is 0.224 e. The summed E-state index contributed by atoms with van der Waals surface area (Å²) < 4.78 is 5.34. The number of nitrogens with one attached hydrogen (secondary N) is 1. The Hall–Kier alpha value is -2.30. The molecule has 2 aromatic rings. The molecule has 5 heteroatoms. The Kier molecular flexibility index (Phi) is 5.37. The van der Waals surface area contributed by atoms with Gasteiger partial charge in [-0.25, -0.2) is 4.98 Å². The summed E-state index contributed by atoms with van der Waals surface area (Å²) in [6.45, 7) is 6.73. The highest BCUT2D eigenvalue weighted by atomic mass is 16.5. The van der Waals surface area contributed by atoms with Gasteiger partial charge in [0.25, 0.3) is 0 Å². The van der Waals surface area contributed by atoms with E-state index in [1.165, 1.54) is 0 Å². The molecule has 0 aliphatic heterocycles. The lowest BCUT2D eigenvalue weighted by molar-refractivity contribution is 0.410. The van der Waals surface area contributed by atoms with Crippen molar-refractivity contribution in [3.05, 3.63) is 42.1 Å². The maximum absolute atomic E-state index is 5.34. The molecule has 0 unspecified atom stereocenters. The van der Waals surface area contributed by atoms with Crippen LogP contribution in [0.3, 0.4) is 0 Å². The lowest BCUT2D eigenvalue weighted by Crippen LogP contribution is -2.23. The summed E-state index contributed by atoms with van der Waals surface area (Å²) in [5, 5.41) is 3.25.